The van der Waals surface area contributed by atoms with Crippen LogP contribution in [0.3, 0.4) is 0 Å². The van der Waals surface area contributed by atoms with Crippen molar-refractivity contribution < 1.29 is 23.8 Å². The predicted octanol–water partition coefficient (Wildman–Crippen LogP) is 2.38. The zero-order valence-electron chi connectivity index (χ0n) is 15.1. The van der Waals surface area contributed by atoms with Crippen molar-refractivity contribution in [2.24, 2.45) is 0 Å². The van der Waals surface area contributed by atoms with Gasteiger partial charge in [-0.2, -0.15) is 0 Å². The third-order valence-corrected chi connectivity index (χ3v) is 3.05. The van der Waals surface area contributed by atoms with E-state index < -0.39 is 18.3 Å². The average molecular weight is 348 g/mol. The molecule has 0 radical (unpaired) electrons. The van der Waals surface area contributed by atoms with Crippen LogP contribution in [-0.4, -0.2) is 37.9 Å². The summed E-state index contributed by atoms with van der Waals surface area (Å²) in [6.07, 6.45) is -0.903. The highest BCUT2D eigenvalue weighted by molar-refractivity contribution is 5.90. The van der Waals surface area contributed by atoms with Crippen molar-refractivity contribution in [3.05, 3.63) is 18.2 Å². The quantitative estimate of drug-likeness (QED) is 0.426. The Balaban J connectivity index is 2.85. The Morgan fingerprint density at radius 2 is 2.04 bits per heavy atom. The molecule has 2 unspecified atom stereocenters. The van der Waals surface area contributed by atoms with Gasteiger partial charge in [-0.05, 0) is 44.9 Å². The lowest BCUT2D eigenvalue weighted by molar-refractivity contribution is -0.167. The van der Waals surface area contributed by atoms with E-state index in [4.69, 9.17) is 14.2 Å². The van der Waals surface area contributed by atoms with Crippen LogP contribution in [0.2, 0.25) is 0 Å². The van der Waals surface area contributed by atoms with Gasteiger partial charge in [0.15, 0.2) is 0 Å². The molecule has 0 heterocycles. The Labute approximate surface area is 148 Å². The molecular weight excluding hydrogens is 324 g/mol. The van der Waals surface area contributed by atoms with Crippen molar-refractivity contribution in [1.29, 1.82) is 0 Å². The third-order valence-electron chi connectivity index (χ3n) is 3.05. The van der Waals surface area contributed by atoms with Crippen molar-refractivity contribution in [2.75, 3.05) is 24.4 Å². The number of amides is 1. The number of hydrogen-bond donors (Lipinski definition) is 2. The molecule has 0 fully saturated rings. The number of esters is 1. The van der Waals surface area contributed by atoms with Crippen molar-refractivity contribution in [1.82, 2.24) is 0 Å². The van der Waals surface area contributed by atoms with Crippen molar-refractivity contribution in [3.63, 3.8) is 0 Å². The van der Waals surface area contributed by atoms with Gasteiger partial charge in [-0.15, -0.1) is 5.92 Å². The zero-order chi connectivity index (χ0) is 18.8. The molecule has 2 N–H and O–H groups in total. The summed E-state index contributed by atoms with van der Waals surface area (Å²) in [6.45, 7) is 6.87. The number of benzene rings is 1. The van der Waals surface area contributed by atoms with Gasteiger partial charge in [0.05, 0.1) is 12.8 Å². The van der Waals surface area contributed by atoms with Gasteiger partial charge in [0.1, 0.15) is 11.8 Å². The summed E-state index contributed by atoms with van der Waals surface area (Å²) in [5.74, 6) is 5.15. The number of ether oxygens (including phenoxy) is 3. The molecule has 1 rings (SSSR count). The Morgan fingerprint density at radius 1 is 1.32 bits per heavy atom. The minimum Gasteiger partial charge on any atom is -0.495 e. The van der Waals surface area contributed by atoms with E-state index in [-0.39, 0.29) is 5.91 Å². The van der Waals surface area contributed by atoms with Crippen LogP contribution in [0, 0.1) is 11.8 Å². The summed E-state index contributed by atoms with van der Waals surface area (Å²) in [4.78, 5) is 23.4. The smallest absolute Gasteiger partial charge is 0.331 e. The molecule has 0 spiro atoms. The Hall–Kier alpha value is -2.72. The monoisotopic (exact) mass is 348 g/mol. The highest BCUT2D eigenvalue weighted by Gasteiger charge is 2.20. The molecule has 0 bridgehead atoms. The summed E-state index contributed by atoms with van der Waals surface area (Å²) in [6, 6.07) is 4.40. The van der Waals surface area contributed by atoms with Gasteiger partial charge in [0.2, 0.25) is 5.91 Å². The fourth-order valence-corrected chi connectivity index (χ4v) is 1.98. The molecule has 0 aliphatic carbocycles. The summed E-state index contributed by atoms with van der Waals surface area (Å²) in [7, 11) is 1.52. The Bertz CT molecular complexity index is 663. The molecule has 2 atom stereocenters. The minimum atomic E-state index is -0.903. The minimum absolute atomic E-state index is 0.193. The largest absolute Gasteiger partial charge is 0.495 e. The van der Waals surface area contributed by atoms with E-state index in [1.54, 1.807) is 39.0 Å². The van der Waals surface area contributed by atoms with Gasteiger partial charge in [-0.25, -0.2) is 4.79 Å². The molecule has 0 saturated heterocycles. The number of rotatable bonds is 8. The molecule has 0 aliphatic rings. The predicted molar refractivity (Wildman–Crippen MR) is 95.3 cm³/mol. The maximum Gasteiger partial charge on any atom is 0.331 e. The zero-order valence-corrected chi connectivity index (χ0v) is 15.1. The van der Waals surface area contributed by atoms with Crippen LogP contribution < -0.4 is 15.4 Å². The second-order valence-corrected chi connectivity index (χ2v) is 5.08. The molecule has 0 aromatic heterocycles. The van der Waals surface area contributed by atoms with Crippen molar-refractivity contribution in [2.45, 2.75) is 40.0 Å². The molecule has 7 nitrogen and oxygen atoms in total. The standard InChI is InChI=1S/C18H24N2O5/c1-6-8-17(24-7-2)25-18(22)12(3)19-15-11-14(20-13(4)21)9-10-16(15)23-5/h9-12,17,19H,7H2,1-5H3,(H,20,21). The van der Waals surface area contributed by atoms with Gasteiger partial charge in [0, 0.05) is 19.2 Å². The van der Waals surface area contributed by atoms with E-state index in [0.29, 0.717) is 23.7 Å². The molecule has 1 aromatic carbocycles. The van der Waals surface area contributed by atoms with Gasteiger partial charge in [-0.1, -0.05) is 0 Å². The highest BCUT2D eigenvalue weighted by atomic mass is 16.7. The van der Waals surface area contributed by atoms with Crippen LogP contribution in [0.25, 0.3) is 0 Å². The lowest BCUT2D eigenvalue weighted by Crippen LogP contribution is -2.32. The molecule has 1 amide bonds. The van der Waals surface area contributed by atoms with Gasteiger partial charge in [0.25, 0.3) is 6.29 Å². The van der Waals surface area contributed by atoms with Gasteiger partial charge in [-0.3, -0.25) is 4.79 Å². The van der Waals surface area contributed by atoms with E-state index in [9.17, 15) is 9.59 Å². The second-order valence-electron chi connectivity index (χ2n) is 5.08. The topological polar surface area (TPSA) is 85.9 Å². The number of methoxy groups -OCH3 is 1. The molecule has 1 aromatic rings. The van der Waals surface area contributed by atoms with Gasteiger partial charge >= 0.3 is 5.97 Å². The normalized spacial score (nSPS) is 12.2. The summed E-state index contributed by atoms with van der Waals surface area (Å²) in [5, 5.41) is 5.69. The van der Waals surface area contributed by atoms with E-state index in [1.807, 2.05) is 0 Å². The molecule has 0 saturated carbocycles. The van der Waals surface area contributed by atoms with Crippen LogP contribution >= 0.6 is 0 Å². The van der Waals surface area contributed by atoms with Crippen molar-refractivity contribution in [3.8, 4) is 17.6 Å². The van der Waals surface area contributed by atoms with E-state index in [2.05, 4.69) is 22.5 Å². The lowest BCUT2D eigenvalue weighted by Gasteiger charge is -2.19. The van der Waals surface area contributed by atoms with Crippen LogP contribution in [-0.2, 0) is 19.1 Å². The molecular formula is C18H24N2O5. The number of carbonyl (C=O) groups excluding carboxylic acids is 2. The lowest BCUT2D eigenvalue weighted by atomic mass is 10.2. The Morgan fingerprint density at radius 3 is 2.60 bits per heavy atom. The molecule has 0 aliphatic heterocycles. The first kappa shape index (κ1) is 20.3. The highest BCUT2D eigenvalue weighted by Crippen LogP contribution is 2.28. The Kier molecular flexibility index (Phi) is 8.30. The fraction of sp³-hybridized carbons (Fsp3) is 0.444. The number of nitrogens with one attached hydrogen (secondary N) is 2. The van der Waals surface area contributed by atoms with E-state index >= 15 is 0 Å². The summed E-state index contributed by atoms with van der Waals surface area (Å²) < 4.78 is 15.7. The first-order valence-corrected chi connectivity index (χ1v) is 7.87. The summed E-state index contributed by atoms with van der Waals surface area (Å²) in [5.41, 5.74) is 1.13. The molecule has 7 heteroatoms. The number of anilines is 2. The first-order valence-electron chi connectivity index (χ1n) is 7.87. The molecule has 136 valence electrons. The molecule has 25 heavy (non-hydrogen) atoms. The maximum atomic E-state index is 12.2. The maximum absolute atomic E-state index is 12.2. The van der Waals surface area contributed by atoms with Crippen molar-refractivity contribution >= 4 is 23.3 Å². The third kappa shape index (κ3) is 6.73. The number of hydrogen-bond acceptors (Lipinski definition) is 6. The van der Waals surface area contributed by atoms with Crippen LogP contribution in [0.5, 0.6) is 5.75 Å². The first-order chi connectivity index (χ1) is 11.9. The summed E-state index contributed by atoms with van der Waals surface area (Å²) >= 11 is 0. The average Bonchev–Trinajstić information content (AvgIpc) is 2.55. The van der Waals surface area contributed by atoms with Gasteiger partial charge < -0.3 is 24.8 Å². The van der Waals surface area contributed by atoms with Crippen LogP contribution in [0.4, 0.5) is 11.4 Å². The fourth-order valence-electron chi connectivity index (χ4n) is 1.98. The SMILES string of the molecule is CC#CC(OCC)OC(=O)C(C)Nc1cc(NC(C)=O)ccc1OC. The van der Waals surface area contributed by atoms with Crippen LogP contribution in [0.15, 0.2) is 18.2 Å². The van der Waals surface area contributed by atoms with E-state index in [1.165, 1.54) is 14.0 Å². The van der Waals surface area contributed by atoms with E-state index in [0.717, 1.165) is 0 Å². The number of carbonyl (C=O) groups is 2. The van der Waals surface area contributed by atoms with Crippen LogP contribution in [0.1, 0.15) is 27.7 Å². The second kappa shape index (κ2) is 10.2.